The quantitative estimate of drug-likeness (QED) is 0.701. The summed E-state index contributed by atoms with van der Waals surface area (Å²) in [5, 5.41) is 12.6. The Morgan fingerprint density at radius 2 is 2.29 bits per heavy atom. The van der Waals surface area contributed by atoms with Gasteiger partial charge in [-0.2, -0.15) is 0 Å². The topological polar surface area (TPSA) is 35.5 Å². The van der Waals surface area contributed by atoms with Crippen molar-refractivity contribution in [3.63, 3.8) is 0 Å². The molecule has 3 atom stereocenters. The lowest BCUT2D eigenvalue weighted by Crippen LogP contribution is -2.49. The number of aliphatic hydroxyl groups excluding tert-OH is 1. The molecule has 0 amide bonds. The van der Waals surface area contributed by atoms with Crippen molar-refractivity contribution in [1.82, 2.24) is 10.2 Å². The summed E-state index contributed by atoms with van der Waals surface area (Å²) in [5.74, 6) is 0.697. The zero-order valence-corrected chi connectivity index (χ0v) is 9.66. The molecule has 2 N–H and O–H groups in total. The second-order valence-electron chi connectivity index (χ2n) is 4.52. The van der Waals surface area contributed by atoms with Crippen LogP contribution in [0.4, 0.5) is 0 Å². The van der Waals surface area contributed by atoms with Crippen molar-refractivity contribution in [2.45, 2.75) is 39.3 Å². The van der Waals surface area contributed by atoms with Crippen molar-refractivity contribution in [3.8, 4) is 0 Å². The Labute approximate surface area is 87.5 Å². The number of piperidine rings is 1. The number of nitrogens with one attached hydrogen (secondary N) is 1. The van der Waals surface area contributed by atoms with Gasteiger partial charge in [0.1, 0.15) is 0 Å². The summed E-state index contributed by atoms with van der Waals surface area (Å²) in [7, 11) is 0. The van der Waals surface area contributed by atoms with E-state index in [0.29, 0.717) is 12.0 Å². The first-order valence-electron chi connectivity index (χ1n) is 5.77. The van der Waals surface area contributed by atoms with Crippen LogP contribution in [-0.4, -0.2) is 48.3 Å². The average molecular weight is 200 g/mol. The van der Waals surface area contributed by atoms with E-state index < -0.39 is 0 Å². The minimum absolute atomic E-state index is 0.230. The largest absolute Gasteiger partial charge is 0.392 e. The van der Waals surface area contributed by atoms with Crippen molar-refractivity contribution >= 4 is 0 Å². The molecule has 1 rings (SSSR count). The van der Waals surface area contributed by atoms with Crippen LogP contribution >= 0.6 is 0 Å². The Balaban J connectivity index is 2.27. The van der Waals surface area contributed by atoms with E-state index in [-0.39, 0.29) is 6.10 Å². The molecule has 0 aromatic rings. The normalized spacial score (nSPS) is 31.7. The van der Waals surface area contributed by atoms with E-state index in [9.17, 15) is 5.11 Å². The van der Waals surface area contributed by atoms with Crippen LogP contribution in [0.3, 0.4) is 0 Å². The fourth-order valence-electron chi connectivity index (χ4n) is 2.14. The Kier molecular flexibility index (Phi) is 4.85. The van der Waals surface area contributed by atoms with Gasteiger partial charge in [0, 0.05) is 19.1 Å². The van der Waals surface area contributed by atoms with Crippen molar-refractivity contribution in [2.75, 3.05) is 26.2 Å². The maximum Gasteiger partial charge on any atom is 0.0636 e. The van der Waals surface area contributed by atoms with Crippen LogP contribution in [0, 0.1) is 5.92 Å². The third kappa shape index (κ3) is 3.56. The van der Waals surface area contributed by atoms with Crippen molar-refractivity contribution in [1.29, 1.82) is 0 Å². The molecule has 0 aromatic carbocycles. The molecule has 2 unspecified atom stereocenters. The van der Waals surface area contributed by atoms with Crippen LogP contribution in [0.15, 0.2) is 0 Å². The molecule has 1 aliphatic rings. The van der Waals surface area contributed by atoms with Crippen LogP contribution in [0.2, 0.25) is 0 Å². The van der Waals surface area contributed by atoms with Gasteiger partial charge >= 0.3 is 0 Å². The van der Waals surface area contributed by atoms with Gasteiger partial charge in [-0.15, -0.1) is 0 Å². The standard InChI is InChI=1S/C11H24N2O/c1-4-13-6-5-11(9(2)8-13)12-7-10(3)14/h9-12,14H,4-8H2,1-3H3/t9?,10-,11?/m1/s1. The van der Waals surface area contributed by atoms with Gasteiger partial charge in [-0.25, -0.2) is 0 Å². The van der Waals surface area contributed by atoms with E-state index in [1.807, 2.05) is 6.92 Å². The molecule has 0 bridgehead atoms. The molecule has 3 nitrogen and oxygen atoms in total. The summed E-state index contributed by atoms with van der Waals surface area (Å²) in [6.45, 7) is 10.6. The molecular formula is C11H24N2O. The maximum absolute atomic E-state index is 9.19. The van der Waals surface area contributed by atoms with Gasteiger partial charge in [0.05, 0.1) is 6.10 Å². The Morgan fingerprint density at radius 1 is 1.57 bits per heavy atom. The maximum atomic E-state index is 9.19. The lowest BCUT2D eigenvalue weighted by Gasteiger charge is -2.37. The third-order valence-corrected chi connectivity index (χ3v) is 3.11. The van der Waals surface area contributed by atoms with Gasteiger partial charge in [0.2, 0.25) is 0 Å². The van der Waals surface area contributed by atoms with Gasteiger partial charge in [0.25, 0.3) is 0 Å². The Morgan fingerprint density at radius 3 is 2.79 bits per heavy atom. The summed E-state index contributed by atoms with van der Waals surface area (Å²) in [6, 6.07) is 0.590. The summed E-state index contributed by atoms with van der Waals surface area (Å²) in [5.41, 5.74) is 0. The van der Waals surface area contributed by atoms with Crippen molar-refractivity contribution in [2.24, 2.45) is 5.92 Å². The van der Waals surface area contributed by atoms with Crippen LogP contribution in [0.25, 0.3) is 0 Å². The lowest BCUT2D eigenvalue weighted by molar-refractivity contribution is 0.133. The van der Waals surface area contributed by atoms with E-state index in [4.69, 9.17) is 0 Å². The van der Waals surface area contributed by atoms with E-state index in [1.165, 1.54) is 19.5 Å². The Bertz CT molecular complexity index is 161. The molecule has 1 fully saturated rings. The van der Waals surface area contributed by atoms with Crippen molar-refractivity contribution < 1.29 is 5.11 Å². The summed E-state index contributed by atoms with van der Waals surface area (Å²) < 4.78 is 0. The molecule has 0 spiro atoms. The van der Waals surface area contributed by atoms with E-state index in [0.717, 1.165) is 13.1 Å². The number of rotatable bonds is 4. The Hall–Kier alpha value is -0.120. The molecule has 0 aliphatic carbocycles. The molecule has 0 aromatic heterocycles. The van der Waals surface area contributed by atoms with Gasteiger partial charge in [0.15, 0.2) is 0 Å². The highest BCUT2D eigenvalue weighted by Gasteiger charge is 2.24. The van der Waals surface area contributed by atoms with Crippen LogP contribution < -0.4 is 5.32 Å². The number of likely N-dealkylation sites (tertiary alicyclic amines) is 1. The van der Waals surface area contributed by atoms with Crippen LogP contribution in [0.5, 0.6) is 0 Å². The molecule has 1 aliphatic heterocycles. The number of aliphatic hydroxyl groups is 1. The number of nitrogens with zero attached hydrogens (tertiary/aromatic N) is 1. The van der Waals surface area contributed by atoms with E-state index >= 15 is 0 Å². The monoisotopic (exact) mass is 200 g/mol. The number of hydrogen-bond donors (Lipinski definition) is 2. The predicted octanol–water partition coefficient (Wildman–Crippen LogP) is 0.687. The van der Waals surface area contributed by atoms with Gasteiger partial charge in [-0.3, -0.25) is 0 Å². The highest BCUT2D eigenvalue weighted by molar-refractivity contribution is 4.82. The minimum Gasteiger partial charge on any atom is -0.392 e. The molecule has 84 valence electrons. The van der Waals surface area contributed by atoms with Gasteiger partial charge in [-0.05, 0) is 32.4 Å². The lowest BCUT2D eigenvalue weighted by atomic mass is 9.94. The molecule has 1 saturated heterocycles. The SMILES string of the molecule is CCN1CCC(NC[C@@H](C)O)C(C)C1. The molecular weight excluding hydrogens is 176 g/mol. The predicted molar refractivity (Wildman–Crippen MR) is 59.4 cm³/mol. The number of hydrogen-bond acceptors (Lipinski definition) is 3. The second kappa shape index (κ2) is 5.69. The first-order chi connectivity index (χ1) is 6.63. The van der Waals surface area contributed by atoms with E-state index in [2.05, 4.69) is 24.1 Å². The minimum atomic E-state index is -0.230. The van der Waals surface area contributed by atoms with Crippen molar-refractivity contribution in [3.05, 3.63) is 0 Å². The second-order valence-corrected chi connectivity index (χ2v) is 4.52. The first-order valence-corrected chi connectivity index (χ1v) is 5.77. The summed E-state index contributed by atoms with van der Waals surface area (Å²) >= 11 is 0. The highest BCUT2D eigenvalue weighted by atomic mass is 16.3. The summed E-state index contributed by atoms with van der Waals surface area (Å²) in [4.78, 5) is 2.49. The highest BCUT2D eigenvalue weighted by Crippen LogP contribution is 2.16. The smallest absolute Gasteiger partial charge is 0.0636 e. The van der Waals surface area contributed by atoms with Gasteiger partial charge in [-0.1, -0.05) is 13.8 Å². The zero-order valence-electron chi connectivity index (χ0n) is 9.66. The van der Waals surface area contributed by atoms with Gasteiger partial charge < -0.3 is 15.3 Å². The molecule has 0 radical (unpaired) electrons. The van der Waals surface area contributed by atoms with E-state index in [1.54, 1.807) is 0 Å². The molecule has 1 heterocycles. The van der Waals surface area contributed by atoms with Crippen LogP contribution in [-0.2, 0) is 0 Å². The first kappa shape index (κ1) is 12.0. The molecule has 0 saturated carbocycles. The fourth-order valence-corrected chi connectivity index (χ4v) is 2.14. The zero-order chi connectivity index (χ0) is 10.6. The molecule has 14 heavy (non-hydrogen) atoms. The fraction of sp³-hybridized carbons (Fsp3) is 1.00. The molecule has 3 heteroatoms. The summed E-state index contributed by atoms with van der Waals surface area (Å²) in [6.07, 6.45) is 0.980. The average Bonchev–Trinajstić information content (AvgIpc) is 2.15. The van der Waals surface area contributed by atoms with Crippen LogP contribution in [0.1, 0.15) is 27.2 Å². The third-order valence-electron chi connectivity index (χ3n) is 3.11.